The molecule has 10 heteroatoms. The molecule has 140 valence electrons. The highest BCUT2D eigenvalue weighted by molar-refractivity contribution is 5.80. The van der Waals surface area contributed by atoms with E-state index in [1.807, 2.05) is 0 Å². The van der Waals surface area contributed by atoms with E-state index in [9.17, 15) is 9.59 Å². The van der Waals surface area contributed by atoms with Crippen molar-refractivity contribution in [1.82, 2.24) is 10.7 Å². The second kappa shape index (κ2) is 11.3. The zero-order valence-corrected chi connectivity index (χ0v) is 13.6. The first-order chi connectivity index (χ1) is 11.9. The van der Waals surface area contributed by atoms with Crippen molar-refractivity contribution >= 4 is 12.1 Å². The lowest BCUT2D eigenvalue weighted by Gasteiger charge is -2.14. The van der Waals surface area contributed by atoms with E-state index in [-0.39, 0.29) is 24.2 Å². The third-order valence-electron chi connectivity index (χ3n) is 3.24. The number of hydrogen-bond acceptors (Lipinski definition) is 8. The van der Waals surface area contributed by atoms with Crippen molar-refractivity contribution in [2.24, 2.45) is 5.73 Å². The largest absolute Gasteiger partial charge is 0.480 e. The summed E-state index contributed by atoms with van der Waals surface area (Å²) in [5, 5.41) is 27.9. The number of rotatable bonds is 11. The number of hydrogen-bond donors (Lipinski definition) is 5. The lowest BCUT2D eigenvalue weighted by molar-refractivity contribution is -0.492. The van der Waals surface area contributed by atoms with Gasteiger partial charge in [-0.1, -0.05) is 12.1 Å². The molecule has 1 aromatic rings. The molecule has 0 fully saturated rings. The molecule has 25 heavy (non-hydrogen) atoms. The quantitative estimate of drug-likeness (QED) is 0.287. The van der Waals surface area contributed by atoms with E-state index in [1.54, 1.807) is 24.3 Å². The van der Waals surface area contributed by atoms with Gasteiger partial charge in [0.1, 0.15) is 11.8 Å². The summed E-state index contributed by atoms with van der Waals surface area (Å²) in [6.45, 7) is 0.461. The Morgan fingerprint density at radius 2 is 2.04 bits per heavy atom. The van der Waals surface area contributed by atoms with Gasteiger partial charge in [0.25, 0.3) is 0 Å². The van der Waals surface area contributed by atoms with Crippen LogP contribution in [0.25, 0.3) is 0 Å². The molecule has 0 spiro atoms. The summed E-state index contributed by atoms with van der Waals surface area (Å²) in [6, 6.07) is 5.43. The second-order valence-corrected chi connectivity index (χ2v) is 5.19. The highest BCUT2D eigenvalue weighted by atomic mass is 17.1. The molecule has 6 N–H and O–H groups in total. The van der Waals surface area contributed by atoms with Gasteiger partial charge in [0.05, 0.1) is 12.0 Å². The van der Waals surface area contributed by atoms with E-state index in [1.165, 1.54) is 0 Å². The minimum Gasteiger partial charge on any atom is -0.480 e. The van der Waals surface area contributed by atoms with Crippen LogP contribution in [-0.4, -0.2) is 52.2 Å². The molecular formula is C15H23N3O7. The van der Waals surface area contributed by atoms with Crippen molar-refractivity contribution in [3.05, 3.63) is 29.8 Å². The van der Waals surface area contributed by atoms with Crippen molar-refractivity contribution in [3.63, 3.8) is 0 Å². The van der Waals surface area contributed by atoms with Gasteiger partial charge < -0.3 is 20.9 Å². The molecule has 1 rings (SSSR count). The number of aliphatic carboxylic acids is 1. The molecule has 1 atom stereocenters. The third-order valence-corrected chi connectivity index (χ3v) is 3.24. The number of carbonyl (C=O) groups excluding carboxylic acids is 1. The second-order valence-electron chi connectivity index (χ2n) is 5.19. The van der Waals surface area contributed by atoms with Gasteiger partial charge in [0.2, 0.25) is 0 Å². The minimum absolute atomic E-state index is 0.00484. The molecule has 1 aromatic carbocycles. The first-order valence-corrected chi connectivity index (χ1v) is 7.73. The fourth-order valence-electron chi connectivity index (χ4n) is 2.04. The molecule has 10 nitrogen and oxygen atoms in total. The van der Waals surface area contributed by atoms with E-state index in [0.717, 1.165) is 5.56 Å². The Morgan fingerprint density at radius 1 is 1.28 bits per heavy atom. The monoisotopic (exact) mass is 357 g/mol. The maximum Gasteiger partial charge on any atom is 0.413 e. The predicted molar refractivity (Wildman–Crippen MR) is 85.0 cm³/mol. The van der Waals surface area contributed by atoms with Gasteiger partial charge in [-0.3, -0.25) is 15.3 Å². The number of ether oxygens (including phenoxy) is 1. The lowest BCUT2D eigenvalue weighted by Crippen LogP contribution is -2.42. The summed E-state index contributed by atoms with van der Waals surface area (Å²) in [5.74, 6) is -0.914. The molecule has 1 amide bonds. The predicted octanol–water partition coefficient (Wildman–Crippen LogP) is 0.912. The number of amides is 1. The van der Waals surface area contributed by atoms with Gasteiger partial charge >= 0.3 is 12.1 Å². The van der Waals surface area contributed by atoms with Gasteiger partial charge in [-0.15, -0.1) is 0 Å². The number of carbonyl (C=O) groups is 2. The molecule has 0 bridgehead atoms. The number of nitrogens with zero attached hydrogens (tertiary/aromatic N) is 1. The van der Waals surface area contributed by atoms with Crippen LogP contribution in [0.2, 0.25) is 0 Å². The van der Waals surface area contributed by atoms with Crippen LogP contribution in [0.15, 0.2) is 24.3 Å². The van der Waals surface area contributed by atoms with Crippen LogP contribution in [0.1, 0.15) is 24.8 Å². The highest BCUT2D eigenvalue weighted by Crippen LogP contribution is 2.14. The fourth-order valence-corrected chi connectivity index (χ4v) is 2.04. The zero-order chi connectivity index (χ0) is 18.7. The van der Waals surface area contributed by atoms with Crippen molar-refractivity contribution in [2.45, 2.75) is 31.7 Å². The first kappa shape index (κ1) is 20.8. The smallest absolute Gasteiger partial charge is 0.413 e. The Morgan fingerprint density at radius 3 is 2.68 bits per heavy atom. The molecule has 0 saturated carbocycles. The average Bonchev–Trinajstić information content (AvgIpc) is 2.54. The Labute approximate surface area is 144 Å². The summed E-state index contributed by atoms with van der Waals surface area (Å²) in [7, 11) is 0. The molecule has 0 aromatic heterocycles. The molecule has 0 radical (unpaired) electrons. The van der Waals surface area contributed by atoms with E-state index >= 15 is 0 Å². The van der Waals surface area contributed by atoms with Crippen molar-refractivity contribution in [3.8, 4) is 5.75 Å². The van der Waals surface area contributed by atoms with Crippen LogP contribution in [0, 0.1) is 0 Å². The molecule has 0 aliphatic rings. The number of nitrogens with two attached hydrogens (primary N) is 1. The van der Waals surface area contributed by atoms with E-state index < -0.39 is 18.1 Å². The van der Waals surface area contributed by atoms with Gasteiger partial charge in [-0.05, 0) is 49.9 Å². The Bertz CT molecular complexity index is 554. The number of benzene rings is 1. The maximum atomic E-state index is 11.9. The van der Waals surface area contributed by atoms with Crippen molar-refractivity contribution < 1.29 is 34.7 Å². The summed E-state index contributed by atoms with van der Waals surface area (Å²) >= 11 is 0. The highest BCUT2D eigenvalue weighted by Gasteiger charge is 2.20. The molecule has 0 heterocycles. The maximum absolute atomic E-state index is 11.9. The number of carboxylic acid groups (broad SMARTS) is 1. The summed E-state index contributed by atoms with van der Waals surface area (Å²) in [5.41, 5.74) is 6.09. The van der Waals surface area contributed by atoms with Crippen molar-refractivity contribution in [1.29, 1.82) is 0 Å². The molecule has 0 aliphatic carbocycles. The van der Waals surface area contributed by atoms with E-state index in [2.05, 4.69) is 10.2 Å². The first-order valence-electron chi connectivity index (χ1n) is 7.73. The molecule has 1 unspecified atom stereocenters. The summed E-state index contributed by atoms with van der Waals surface area (Å²) in [4.78, 5) is 27.4. The van der Waals surface area contributed by atoms with Gasteiger partial charge in [-0.25, -0.2) is 9.59 Å². The molecular weight excluding hydrogens is 334 g/mol. The minimum atomic E-state index is -1.14. The number of nitrogens with one attached hydrogen (secondary N) is 1. The van der Waals surface area contributed by atoms with E-state index in [4.69, 9.17) is 26.0 Å². The van der Waals surface area contributed by atoms with Gasteiger partial charge in [0, 0.05) is 0 Å². The van der Waals surface area contributed by atoms with Gasteiger partial charge in [0.15, 0.2) is 0 Å². The van der Waals surface area contributed by atoms with Crippen LogP contribution in [0.3, 0.4) is 0 Å². The van der Waals surface area contributed by atoms with Crippen LogP contribution in [0.5, 0.6) is 5.75 Å². The summed E-state index contributed by atoms with van der Waals surface area (Å²) in [6.07, 6.45) is 0.982. The van der Waals surface area contributed by atoms with Gasteiger partial charge in [-0.2, -0.15) is 0 Å². The van der Waals surface area contributed by atoms with Crippen LogP contribution in [-0.2, 0) is 16.1 Å². The number of unbranched alkanes of at least 4 members (excludes halogenated alkanes) is 1. The topological polar surface area (TPSA) is 155 Å². The standard InChI is InChI=1S/C15H23N3O7/c16-8-2-1-6-13(14(19)20)17-15(21)25-12-5-3-4-11(10-12)7-9-24-18(22)23/h3-5,10,13,22-23H,1-2,6-9,16H2,(H,17,21)(H,19,20). The molecule has 0 aliphatic heterocycles. The van der Waals surface area contributed by atoms with Crippen LogP contribution < -0.4 is 15.8 Å². The Balaban J connectivity index is 2.53. The lowest BCUT2D eigenvalue weighted by atomic mass is 10.1. The Hall–Kier alpha value is -2.24. The zero-order valence-electron chi connectivity index (χ0n) is 13.6. The number of carboxylic acids is 1. The SMILES string of the molecule is NCCCCC(NC(=O)Oc1cccc(CCON(O)O)c1)C(=O)O. The summed E-state index contributed by atoms with van der Waals surface area (Å²) < 4.78 is 5.08. The fraction of sp³-hybridized carbons (Fsp3) is 0.467. The normalized spacial score (nSPS) is 12.0. The average molecular weight is 357 g/mol. The molecule has 0 saturated heterocycles. The van der Waals surface area contributed by atoms with Crippen LogP contribution >= 0.6 is 0 Å². The van der Waals surface area contributed by atoms with E-state index in [0.29, 0.717) is 25.8 Å². The third kappa shape index (κ3) is 8.98. The Kier molecular flexibility index (Phi) is 9.43. The van der Waals surface area contributed by atoms with Crippen molar-refractivity contribution in [2.75, 3.05) is 13.2 Å². The van der Waals surface area contributed by atoms with Crippen LogP contribution in [0.4, 0.5) is 4.79 Å².